The van der Waals surface area contributed by atoms with Crippen molar-refractivity contribution < 1.29 is 0 Å². The van der Waals surface area contributed by atoms with Crippen molar-refractivity contribution in [2.75, 3.05) is 0 Å². The van der Waals surface area contributed by atoms with Crippen LogP contribution >= 0.6 is 15.9 Å². The van der Waals surface area contributed by atoms with Crippen molar-refractivity contribution in [2.24, 2.45) is 0 Å². The van der Waals surface area contributed by atoms with Crippen LogP contribution in [0.25, 0.3) is 10.9 Å². The summed E-state index contributed by atoms with van der Waals surface area (Å²) in [6.45, 7) is 2.99. The number of pyridine rings is 1. The predicted octanol–water partition coefficient (Wildman–Crippen LogP) is 4.85. The summed E-state index contributed by atoms with van der Waals surface area (Å²) < 4.78 is 1.11. The molecule has 0 saturated carbocycles. The monoisotopic (exact) mass is 340 g/mol. The average Bonchev–Trinajstić information content (AvgIpc) is 2.52. The molecular weight excluding hydrogens is 324 g/mol. The second kappa shape index (κ2) is 6.37. The number of nitrogens with one attached hydrogen (secondary N) is 1. The van der Waals surface area contributed by atoms with Crippen LogP contribution < -0.4 is 5.32 Å². The Labute approximate surface area is 133 Å². The molecule has 1 N–H and O–H groups in total. The molecule has 0 radical (unpaired) electrons. The second-order valence-electron chi connectivity index (χ2n) is 5.15. The van der Waals surface area contributed by atoms with Crippen LogP contribution in [0.15, 0.2) is 65.3 Å². The molecular formula is C18H17BrN2. The molecule has 1 unspecified atom stereocenters. The molecule has 0 aliphatic heterocycles. The van der Waals surface area contributed by atoms with Crippen molar-refractivity contribution in [2.45, 2.75) is 19.5 Å². The van der Waals surface area contributed by atoms with E-state index in [9.17, 15) is 0 Å². The first kappa shape index (κ1) is 14.2. The van der Waals surface area contributed by atoms with E-state index in [4.69, 9.17) is 0 Å². The molecule has 2 nitrogen and oxygen atoms in total. The molecule has 21 heavy (non-hydrogen) atoms. The first-order valence-electron chi connectivity index (χ1n) is 7.05. The van der Waals surface area contributed by atoms with Gasteiger partial charge in [0.05, 0.1) is 5.52 Å². The number of nitrogens with zero attached hydrogens (tertiary/aromatic N) is 1. The highest BCUT2D eigenvalue weighted by Crippen LogP contribution is 2.20. The quantitative estimate of drug-likeness (QED) is 0.734. The molecule has 0 amide bonds. The fourth-order valence-corrected chi connectivity index (χ4v) is 2.88. The lowest BCUT2D eigenvalue weighted by molar-refractivity contribution is 0.576. The van der Waals surface area contributed by atoms with Crippen molar-refractivity contribution in [1.29, 1.82) is 0 Å². The smallest absolute Gasteiger partial charge is 0.0746 e. The Bertz CT molecular complexity index is 750. The fourth-order valence-electron chi connectivity index (χ4n) is 2.47. The topological polar surface area (TPSA) is 24.9 Å². The largest absolute Gasteiger partial charge is 0.306 e. The van der Waals surface area contributed by atoms with Gasteiger partial charge in [0.25, 0.3) is 0 Å². The van der Waals surface area contributed by atoms with Gasteiger partial charge in [0.15, 0.2) is 0 Å². The van der Waals surface area contributed by atoms with Crippen LogP contribution in [-0.4, -0.2) is 4.98 Å². The minimum absolute atomic E-state index is 0.293. The van der Waals surface area contributed by atoms with E-state index in [1.54, 1.807) is 0 Å². The normalized spacial score (nSPS) is 12.5. The number of halogens is 1. The summed E-state index contributed by atoms with van der Waals surface area (Å²) in [6.07, 6.45) is 1.85. The summed E-state index contributed by atoms with van der Waals surface area (Å²) >= 11 is 3.52. The number of aromatic nitrogens is 1. The highest BCUT2D eigenvalue weighted by molar-refractivity contribution is 9.10. The lowest BCUT2D eigenvalue weighted by Gasteiger charge is -2.15. The maximum Gasteiger partial charge on any atom is 0.0746 e. The molecule has 3 aromatic rings. The standard InChI is InChI=1S/C18H17BrN2/c1-13(15-6-3-9-17(19)11-15)21-12-16-7-2-5-14-8-4-10-20-18(14)16/h2-11,13,21H,12H2,1H3. The highest BCUT2D eigenvalue weighted by Gasteiger charge is 2.07. The second-order valence-corrected chi connectivity index (χ2v) is 6.07. The summed E-state index contributed by atoms with van der Waals surface area (Å²) in [5.41, 5.74) is 3.58. The first-order chi connectivity index (χ1) is 10.2. The van der Waals surface area contributed by atoms with E-state index in [-0.39, 0.29) is 0 Å². The minimum Gasteiger partial charge on any atom is -0.306 e. The van der Waals surface area contributed by atoms with Gasteiger partial charge in [-0.1, -0.05) is 52.3 Å². The van der Waals surface area contributed by atoms with Crippen LogP contribution in [0.4, 0.5) is 0 Å². The number of benzene rings is 2. The van der Waals surface area contributed by atoms with Crippen LogP contribution in [0.1, 0.15) is 24.1 Å². The van der Waals surface area contributed by atoms with E-state index in [0.717, 1.165) is 16.5 Å². The Balaban J connectivity index is 1.77. The van der Waals surface area contributed by atoms with Gasteiger partial charge in [0.1, 0.15) is 0 Å². The number of hydrogen-bond acceptors (Lipinski definition) is 2. The summed E-state index contributed by atoms with van der Waals surface area (Å²) in [5, 5.41) is 4.76. The van der Waals surface area contributed by atoms with Crippen LogP contribution in [0.3, 0.4) is 0 Å². The third kappa shape index (κ3) is 3.31. The van der Waals surface area contributed by atoms with E-state index in [1.165, 1.54) is 16.5 Å². The Morgan fingerprint density at radius 3 is 2.76 bits per heavy atom. The van der Waals surface area contributed by atoms with E-state index in [2.05, 4.69) is 75.6 Å². The van der Waals surface area contributed by atoms with Gasteiger partial charge in [-0.3, -0.25) is 4.98 Å². The van der Waals surface area contributed by atoms with Gasteiger partial charge in [0, 0.05) is 28.6 Å². The molecule has 106 valence electrons. The maximum atomic E-state index is 4.50. The Kier molecular flexibility index (Phi) is 4.32. The summed E-state index contributed by atoms with van der Waals surface area (Å²) in [6, 6.07) is 19.1. The van der Waals surface area contributed by atoms with Crippen molar-refractivity contribution in [3.8, 4) is 0 Å². The zero-order chi connectivity index (χ0) is 14.7. The summed E-state index contributed by atoms with van der Waals surface area (Å²) in [4.78, 5) is 4.50. The zero-order valence-electron chi connectivity index (χ0n) is 11.9. The fraction of sp³-hybridized carbons (Fsp3) is 0.167. The number of rotatable bonds is 4. The van der Waals surface area contributed by atoms with E-state index in [1.807, 2.05) is 18.3 Å². The molecule has 2 aromatic carbocycles. The highest BCUT2D eigenvalue weighted by atomic mass is 79.9. The molecule has 0 bridgehead atoms. The lowest BCUT2D eigenvalue weighted by atomic mass is 10.1. The molecule has 0 aliphatic rings. The third-order valence-corrected chi connectivity index (χ3v) is 4.16. The first-order valence-corrected chi connectivity index (χ1v) is 7.85. The van der Waals surface area contributed by atoms with Crippen LogP contribution in [-0.2, 0) is 6.54 Å². The minimum atomic E-state index is 0.293. The van der Waals surface area contributed by atoms with Crippen molar-refractivity contribution in [3.63, 3.8) is 0 Å². The van der Waals surface area contributed by atoms with Crippen molar-refractivity contribution >= 4 is 26.8 Å². The van der Waals surface area contributed by atoms with Crippen LogP contribution in [0.2, 0.25) is 0 Å². The molecule has 1 atom stereocenters. The van der Waals surface area contributed by atoms with Crippen molar-refractivity contribution in [3.05, 3.63) is 76.4 Å². The van der Waals surface area contributed by atoms with Crippen molar-refractivity contribution in [1.82, 2.24) is 10.3 Å². The number of fused-ring (bicyclic) bond motifs is 1. The molecule has 3 heteroatoms. The summed E-state index contributed by atoms with van der Waals surface area (Å²) in [5.74, 6) is 0. The average molecular weight is 341 g/mol. The zero-order valence-corrected chi connectivity index (χ0v) is 13.5. The molecule has 1 aromatic heterocycles. The number of hydrogen-bond donors (Lipinski definition) is 1. The van der Waals surface area contributed by atoms with Crippen LogP contribution in [0, 0.1) is 0 Å². The molecule has 3 rings (SSSR count). The molecule has 0 spiro atoms. The van der Waals surface area contributed by atoms with E-state index >= 15 is 0 Å². The van der Waals surface area contributed by atoms with E-state index < -0.39 is 0 Å². The van der Waals surface area contributed by atoms with Gasteiger partial charge in [-0.2, -0.15) is 0 Å². The summed E-state index contributed by atoms with van der Waals surface area (Å²) in [7, 11) is 0. The van der Waals surface area contributed by atoms with Gasteiger partial charge < -0.3 is 5.32 Å². The van der Waals surface area contributed by atoms with Crippen LogP contribution in [0.5, 0.6) is 0 Å². The SMILES string of the molecule is CC(NCc1cccc2cccnc12)c1cccc(Br)c1. The van der Waals surface area contributed by atoms with Gasteiger partial charge >= 0.3 is 0 Å². The van der Waals surface area contributed by atoms with Gasteiger partial charge in [0.2, 0.25) is 0 Å². The molecule has 0 saturated heterocycles. The molecule has 1 heterocycles. The maximum absolute atomic E-state index is 4.50. The molecule has 0 fully saturated rings. The van der Waals surface area contributed by atoms with Gasteiger partial charge in [-0.15, -0.1) is 0 Å². The Hall–Kier alpha value is -1.71. The molecule has 0 aliphatic carbocycles. The number of para-hydroxylation sites is 1. The Morgan fingerprint density at radius 2 is 1.90 bits per heavy atom. The lowest BCUT2D eigenvalue weighted by Crippen LogP contribution is -2.18. The van der Waals surface area contributed by atoms with E-state index in [0.29, 0.717) is 6.04 Å². The van der Waals surface area contributed by atoms with Gasteiger partial charge in [-0.05, 0) is 36.2 Å². The Morgan fingerprint density at radius 1 is 1.10 bits per heavy atom. The van der Waals surface area contributed by atoms with Gasteiger partial charge in [-0.25, -0.2) is 0 Å². The third-order valence-electron chi connectivity index (χ3n) is 3.66. The predicted molar refractivity (Wildman–Crippen MR) is 91.1 cm³/mol.